The minimum absolute atomic E-state index is 0.0600. The topological polar surface area (TPSA) is 112 Å². The fourth-order valence-electron chi connectivity index (χ4n) is 3.21. The Morgan fingerprint density at radius 2 is 2.03 bits per heavy atom. The van der Waals surface area contributed by atoms with Gasteiger partial charge in [-0.25, -0.2) is 15.0 Å². The number of hydrogen-bond donors (Lipinski definition) is 2. The number of aromatic nitrogens is 3. The summed E-state index contributed by atoms with van der Waals surface area (Å²) in [5.41, 5.74) is 8.02. The Kier molecular flexibility index (Phi) is 6.69. The number of nitrogens with one attached hydrogen (secondary N) is 1. The number of benzene rings is 2. The molecule has 2 aromatic heterocycles. The highest BCUT2D eigenvalue weighted by Crippen LogP contribution is 2.36. The first-order chi connectivity index (χ1) is 16.0. The second kappa shape index (κ2) is 9.83. The third kappa shape index (κ3) is 5.04. The first-order valence-electron chi connectivity index (χ1n) is 10.7. The lowest BCUT2D eigenvalue weighted by Crippen LogP contribution is -2.11. The van der Waals surface area contributed by atoms with Crippen molar-refractivity contribution in [2.75, 3.05) is 11.9 Å². The van der Waals surface area contributed by atoms with Crippen LogP contribution in [-0.2, 0) is 0 Å². The van der Waals surface area contributed by atoms with Crippen molar-refractivity contribution in [1.82, 2.24) is 15.0 Å². The van der Waals surface area contributed by atoms with Gasteiger partial charge >= 0.3 is 0 Å². The molecule has 0 aliphatic rings. The summed E-state index contributed by atoms with van der Waals surface area (Å²) in [6.07, 6.45) is 2.46. The van der Waals surface area contributed by atoms with Crippen molar-refractivity contribution >= 4 is 39.7 Å². The molecule has 170 valence electrons. The molecule has 1 unspecified atom stereocenters. The Morgan fingerprint density at radius 3 is 2.76 bits per heavy atom. The fourth-order valence-corrected chi connectivity index (χ4v) is 4.02. The quantitative estimate of drug-likeness (QED) is 0.352. The number of primary amides is 1. The van der Waals surface area contributed by atoms with E-state index in [1.807, 2.05) is 50.2 Å². The molecule has 0 aliphatic carbocycles. The number of fused-ring (bicyclic) bond motifs is 1. The Balaban J connectivity index is 1.68. The fraction of sp³-hybridized carbons (Fsp3) is 0.250. The van der Waals surface area contributed by atoms with E-state index in [2.05, 4.69) is 27.2 Å². The van der Waals surface area contributed by atoms with E-state index in [1.54, 1.807) is 5.38 Å². The molecule has 2 aromatic carbocycles. The van der Waals surface area contributed by atoms with Crippen molar-refractivity contribution in [1.29, 1.82) is 0 Å². The molecule has 0 saturated carbocycles. The van der Waals surface area contributed by atoms with Gasteiger partial charge < -0.3 is 20.5 Å². The summed E-state index contributed by atoms with van der Waals surface area (Å²) in [4.78, 5) is 24.6. The number of ether oxygens (including phenoxy) is 2. The Hall–Kier alpha value is -3.72. The van der Waals surface area contributed by atoms with Crippen molar-refractivity contribution in [3.63, 3.8) is 0 Å². The number of anilines is 2. The van der Waals surface area contributed by atoms with Crippen LogP contribution >= 0.6 is 11.3 Å². The lowest BCUT2D eigenvalue weighted by molar-refractivity contribution is 0.0996. The first-order valence-corrected chi connectivity index (χ1v) is 11.6. The van der Waals surface area contributed by atoms with Gasteiger partial charge in [-0.1, -0.05) is 19.1 Å². The molecular weight excluding hydrogens is 438 g/mol. The smallest absolute Gasteiger partial charge is 0.268 e. The molecule has 0 bridgehead atoms. The van der Waals surface area contributed by atoms with E-state index >= 15 is 0 Å². The van der Waals surface area contributed by atoms with Gasteiger partial charge in [-0.3, -0.25) is 4.79 Å². The average Bonchev–Trinajstić information content (AvgIpc) is 3.31. The largest absolute Gasteiger partial charge is 0.490 e. The van der Waals surface area contributed by atoms with Crippen LogP contribution in [0.25, 0.3) is 21.5 Å². The molecule has 0 radical (unpaired) electrons. The van der Waals surface area contributed by atoms with Crippen LogP contribution in [-0.4, -0.2) is 33.6 Å². The van der Waals surface area contributed by atoms with E-state index in [0.29, 0.717) is 28.9 Å². The van der Waals surface area contributed by atoms with E-state index in [0.717, 1.165) is 28.6 Å². The molecule has 3 N–H and O–H groups in total. The van der Waals surface area contributed by atoms with Crippen molar-refractivity contribution < 1.29 is 14.3 Å². The van der Waals surface area contributed by atoms with E-state index in [9.17, 15) is 4.79 Å². The molecule has 0 fully saturated rings. The molecular formula is C24H25N5O3S. The third-order valence-corrected chi connectivity index (χ3v) is 5.92. The van der Waals surface area contributed by atoms with E-state index in [4.69, 9.17) is 15.2 Å². The summed E-state index contributed by atoms with van der Waals surface area (Å²) in [5.74, 6) is 1.42. The minimum Gasteiger partial charge on any atom is -0.490 e. The zero-order valence-electron chi connectivity index (χ0n) is 18.7. The lowest BCUT2D eigenvalue weighted by atomic mass is 10.1. The zero-order chi connectivity index (χ0) is 23.4. The number of amides is 1. The molecule has 4 aromatic rings. The average molecular weight is 464 g/mol. The maximum atomic E-state index is 11.4. The highest BCUT2D eigenvalue weighted by atomic mass is 32.1. The summed E-state index contributed by atoms with van der Waals surface area (Å²) < 4.78 is 11.9. The van der Waals surface area contributed by atoms with E-state index in [-0.39, 0.29) is 11.8 Å². The first kappa shape index (κ1) is 22.5. The molecule has 8 nitrogen and oxygen atoms in total. The number of thiazole rings is 1. The number of rotatable bonds is 9. The van der Waals surface area contributed by atoms with Gasteiger partial charge in [0.1, 0.15) is 22.8 Å². The second-order valence-electron chi connectivity index (χ2n) is 7.42. The van der Waals surface area contributed by atoms with Crippen LogP contribution < -0.4 is 20.5 Å². The van der Waals surface area contributed by atoms with Gasteiger partial charge in [0.15, 0.2) is 11.5 Å². The normalized spacial score (nSPS) is 11.8. The zero-order valence-corrected chi connectivity index (χ0v) is 19.5. The molecule has 0 saturated heterocycles. The number of nitrogens with zero attached hydrogens (tertiary/aromatic N) is 3. The SMILES string of the molecule is CCOc1cc2c(Nc3cccc(-c4nc(C(N)=O)cs4)c3)ncnc2cc1OC(C)CC. The van der Waals surface area contributed by atoms with Crippen LogP contribution in [0.3, 0.4) is 0 Å². The van der Waals surface area contributed by atoms with E-state index < -0.39 is 5.91 Å². The maximum Gasteiger partial charge on any atom is 0.268 e. The Labute approximate surface area is 195 Å². The summed E-state index contributed by atoms with van der Waals surface area (Å²) in [6, 6.07) is 11.5. The maximum absolute atomic E-state index is 11.4. The van der Waals surface area contributed by atoms with Crippen LogP contribution in [0.2, 0.25) is 0 Å². The van der Waals surface area contributed by atoms with Gasteiger partial charge in [-0.05, 0) is 38.5 Å². The van der Waals surface area contributed by atoms with Gasteiger partial charge in [0.25, 0.3) is 5.91 Å². The molecule has 0 spiro atoms. The molecule has 2 heterocycles. The summed E-state index contributed by atoms with van der Waals surface area (Å²) >= 11 is 1.37. The van der Waals surface area contributed by atoms with Crippen LogP contribution in [0, 0.1) is 0 Å². The van der Waals surface area contributed by atoms with Gasteiger partial charge in [0.2, 0.25) is 0 Å². The van der Waals surface area contributed by atoms with Crippen LogP contribution in [0.1, 0.15) is 37.7 Å². The monoisotopic (exact) mass is 463 g/mol. The van der Waals surface area contributed by atoms with Crippen LogP contribution in [0.15, 0.2) is 48.1 Å². The van der Waals surface area contributed by atoms with Gasteiger partial charge in [-0.2, -0.15) is 0 Å². The number of nitrogens with two attached hydrogens (primary N) is 1. The number of carbonyl (C=O) groups is 1. The van der Waals surface area contributed by atoms with Crippen molar-refractivity contribution in [2.45, 2.75) is 33.3 Å². The summed E-state index contributed by atoms with van der Waals surface area (Å²) in [7, 11) is 0. The number of carbonyl (C=O) groups excluding carboxylic acids is 1. The van der Waals surface area contributed by atoms with Gasteiger partial charge in [0.05, 0.1) is 18.2 Å². The van der Waals surface area contributed by atoms with Crippen LogP contribution in [0.4, 0.5) is 11.5 Å². The second-order valence-corrected chi connectivity index (χ2v) is 8.27. The van der Waals surface area contributed by atoms with Gasteiger partial charge in [-0.15, -0.1) is 11.3 Å². The van der Waals surface area contributed by atoms with Crippen molar-refractivity contribution in [3.8, 4) is 22.1 Å². The Morgan fingerprint density at radius 1 is 1.18 bits per heavy atom. The lowest BCUT2D eigenvalue weighted by Gasteiger charge is -2.17. The highest BCUT2D eigenvalue weighted by molar-refractivity contribution is 7.13. The summed E-state index contributed by atoms with van der Waals surface area (Å²) in [6.45, 7) is 6.55. The number of hydrogen-bond acceptors (Lipinski definition) is 8. The molecule has 1 amide bonds. The third-order valence-electron chi connectivity index (χ3n) is 5.03. The van der Waals surface area contributed by atoms with Crippen LogP contribution in [0.5, 0.6) is 11.5 Å². The van der Waals surface area contributed by atoms with Crippen molar-refractivity contribution in [3.05, 3.63) is 53.8 Å². The molecule has 33 heavy (non-hydrogen) atoms. The highest BCUT2D eigenvalue weighted by Gasteiger charge is 2.15. The molecule has 1 atom stereocenters. The van der Waals surface area contributed by atoms with E-state index in [1.165, 1.54) is 17.7 Å². The minimum atomic E-state index is -0.541. The predicted molar refractivity (Wildman–Crippen MR) is 130 cm³/mol. The van der Waals surface area contributed by atoms with Crippen molar-refractivity contribution in [2.24, 2.45) is 5.73 Å². The summed E-state index contributed by atoms with van der Waals surface area (Å²) in [5, 5.41) is 6.55. The molecule has 4 rings (SSSR count). The molecule has 0 aliphatic heterocycles. The predicted octanol–water partition coefficient (Wildman–Crippen LogP) is 5.17. The van der Waals surface area contributed by atoms with Gasteiger partial charge in [0, 0.05) is 28.1 Å². The Bertz CT molecular complexity index is 1290. The standard InChI is InChI=1S/C24H25N5O3S/c1-4-14(3)32-21-11-18-17(10-20(21)31-5-2)23(27-13-26-18)28-16-8-6-7-15(9-16)24-29-19(12-33-24)22(25)30/h6-14H,4-5H2,1-3H3,(H2,25,30)(H,26,27,28). The molecule has 9 heteroatoms.